The lowest BCUT2D eigenvalue weighted by atomic mass is 10.2. The number of nitrogens with one attached hydrogen (secondary N) is 1. The molecule has 0 aliphatic carbocycles. The maximum Gasteiger partial charge on any atom is 0.244 e. The van der Waals surface area contributed by atoms with E-state index in [0.29, 0.717) is 35.1 Å². The Morgan fingerprint density at radius 1 is 1.12 bits per heavy atom. The van der Waals surface area contributed by atoms with Gasteiger partial charge >= 0.3 is 0 Å². The van der Waals surface area contributed by atoms with Crippen LogP contribution < -0.4 is 20.2 Å². The highest BCUT2D eigenvalue weighted by Gasteiger charge is 2.11. The summed E-state index contributed by atoms with van der Waals surface area (Å²) in [7, 11) is 0. The standard InChI is InChI=1S/C19H20N2O4S/c1-3-24-16-6-5-13(11-17(16)25-4-2)20-18(23)12-21-9-7-15(22)19-14(21)8-10-26-19/h5-11H,3-4,12H2,1-2H3,(H,20,23). The summed E-state index contributed by atoms with van der Waals surface area (Å²) in [5, 5.41) is 4.71. The van der Waals surface area contributed by atoms with Gasteiger partial charge in [0.05, 0.1) is 23.4 Å². The van der Waals surface area contributed by atoms with Crippen LogP contribution in [0.15, 0.2) is 46.7 Å². The fourth-order valence-corrected chi connectivity index (χ4v) is 3.47. The van der Waals surface area contributed by atoms with Crippen LogP contribution in [0.4, 0.5) is 5.69 Å². The number of ether oxygens (including phenoxy) is 2. The number of hydrogen-bond acceptors (Lipinski definition) is 5. The average molecular weight is 372 g/mol. The molecule has 0 fully saturated rings. The molecule has 2 heterocycles. The van der Waals surface area contributed by atoms with Gasteiger partial charge in [-0.2, -0.15) is 0 Å². The van der Waals surface area contributed by atoms with E-state index in [2.05, 4.69) is 5.32 Å². The number of aromatic nitrogens is 1. The Labute approximate surface area is 155 Å². The van der Waals surface area contributed by atoms with Crippen molar-refractivity contribution in [2.75, 3.05) is 18.5 Å². The van der Waals surface area contributed by atoms with E-state index in [-0.39, 0.29) is 17.9 Å². The van der Waals surface area contributed by atoms with E-state index < -0.39 is 0 Å². The number of thiophene rings is 1. The maximum absolute atomic E-state index is 12.4. The van der Waals surface area contributed by atoms with Crippen molar-refractivity contribution in [3.8, 4) is 11.5 Å². The van der Waals surface area contributed by atoms with Gasteiger partial charge in [0.25, 0.3) is 0 Å². The van der Waals surface area contributed by atoms with Crippen LogP contribution >= 0.6 is 11.3 Å². The van der Waals surface area contributed by atoms with Crippen LogP contribution in [0.5, 0.6) is 11.5 Å². The van der Waals surface area contributed by atoms with Crippen molar-refractivity contribution in [3.63, 3.8) is 0 Å². The number of carbonyl (C=O) groups is 1. The lowest BCUT2D eigenvalue weighted by molar-refractivity contribution is -0.116. The lowest BCUT2D eigenvalue weighted by Gasteiger charge is -2.13. The zero-order valence-electron chi connectivity index (χ0n) is 14.7. The highest BCUT2D eigenvalue weighted by atomic mass is 32.1. The quantitative estimate of drug-likeness (QED) is 0.689. The second-order valence-corrected chi connectivity index (χ2v) is 6.43. The molecule has 0 spiro atoms. The number of fused-ring (bicyclic) bond motifs is 1. The molecule has 7 heteroatoms. The molecule has 0 aliphatic heterocycles. The minimum atomic E-state index is -0.187. The topological polar surface area (TPSA) is 69.6 Å². The number of amides is 1. The van der Waals surface area contributed by atoms with Crippen LogP contribution in [0.2, 0.25) is 0 Å². The largest absolute Gasteiger partial charge is 0.490 e. The summed E-state index contributed by atoms with van der Waals surface area (Å²) >= 11 is 1.38. The number of nitrogens with zero attached hydrogens (tertiary/aromatic N) is 1. The van der Waals surface area contributed by atoms with E-state index in [1.165, 1.54) is 17.4 Å². The van der Waals surface area contributed by atoms with E-state index >= 15 is 0 Å². The van der Waals surface area contributed by atoms with Gasteiger partial charge in [0.2, 0.25) is 5.91 Å². The normalized spacial score (nSPS) is 10.7. The first kappa shape index (κ1) is 18.0. The first-order valence-electron chi connectivity index (χ1n) is 8.38. The summed E-state index contributed by atoms with van der Waals surface area (Å²) in [4.78, 5) is 24.3. The average Bonchev–Trinajstić information content (AvgIpc) is 3.11. The van der Waals surface area contributed by atoms with E-state index in [9.17, 15) is 9.59 Å². The Kier molecular flexibility index (Phi) is 5.58. The van der Waals surface area contributed by atoms with Gasteiger partial charge in [-0.15, -0.1) is 11.3 Å². The van der Waals surface area contributed by atoms with Crippen LogP contribution in [-0.2, 0) is 11.3 Å². The minimum Gasteiger partial charge on any atom is -0.490 e. The molecule has 1 aromatic carbocycles. The Bertz CT molecular complexity index is 977. The molecule has 1 amide bonds. The van der Waals surface area contributed by atoms with E-state index in [1.807, 2.05) is 25.3 Å². The van der Waals surface area contributed by atoms with Crippen LogP contribution in [0, 0.1) is 0 Å². The van der Waals surface area contributed by atoms with Gasteiger partial charge in [-0.25, -0.2) is 0 Å². The van der Waals surface area contributed by atoms with Gasteiger partial charge in [-0.05, 0) is 37.4 Å². The molecule has 26 heavy (non-hydrogen) atoms. The summed E-state index contributed by atoms with van der Waals surface area (Å²) in [6.07, 6.45) is 1.64. The van der Waals surface area contributed by atoms with Crippen molar-refractivity contribution in [2.45, 2.75) is 20.4 Å². The van der Waals surface area contributed by atoms with Crippen molar-refractivity contribution < 1.29 is 14.3 Å². The van der Waals surface area contributed by atoms with E-state index in [4.69, 9.17) is 9.47 Å². The summed E-state index contributed by atoms with van der Waals surface area (Å²) in [5.74, 6) is 1.05. The Hall–Kier alpha value is -2.80. The predicted octanol–water partition coefficient (Wildman–Crippen LogP) is 3.50. The summed E-state index contributed by atoms with van der Waals surface area (Å²) in [5.41, 5.74) is 1.36. The number of carbonyl (C=O) groups excluding carboxylic acids is 1. The van der Waals surface area contributed by atoms with Gasteiger partial charge in [0.1, 0.15) is 6.54 Å². The lowest BCUT2D eigenvalue weighted by Crippen LogP contribution is -2.20. The Balaban J connectivity index is 1.77. The fourth-order valence-electron chi connectivity index (χ4n) is 2.65. The zero-order chi connectivity index (χ0) is 18.5. The molecule has 136 valence electrons. The maximum atomic E-state index is 12.4. The van der Waals surface area contributed by atoms with Crippen LogP contribution in [-0.4, -0.2) is 23.7 Å². The summed E-state index contributed by atoms with van der Waals surface area (Å²) in [6.45, 7) is 4.95. The molecular formula is C19H20N2O4S. The number of hydrogen-bond donors (Lipinski definition) is 1. The molecule has 0 saturated carbocycles. The van der Waals surface area contributed by atoms with E-state index in [1.54, 1.807) is 29.0 Å². The number of anilines is 1. The highest BCUT2D eigenvalue weighted by molar-refractivity contribution is 7.17. The summed E-state index contributed by atoms with van der Waals surface area (Å²) in [6, 6.07) is 8.63. The van der Waals surface area contributed by atoms with Gasteiger partial charge in [-0.1, -0.05) is 0 Å². The molecule has 3 aromatic rings. The smallest absolute Gasteiger partial charge is 0.244 e. The molecule has 3 rings (SSSR count). The molecule has 0 saturated heterocycles. The van der Waals surface area contributed by atoms with Crippen molar-refractivity contribution in [1.29, 1.82) is 0 Å². The van der Waals surface area contributed by atoms with Crippen molar-refractivity contribution in [3.05, 3.63) is 52.1 Å². The monoisotopic (exact) mass is 372 g/mol. The molecule has 0 radical (unpaired) electrons. The van der Waals surface area contributed by atoms with Crippen molar-refractivity contribution >= 4 is 33.1 Å². The minimum absolute atomic E-state index is 0.0282. The Morgan fingerprint density at radius 2 is 1.88 bits per heavy atom. The number of pyridine rings is 1. The molecule has 0 unspecified atom stereocenters. The van der Waals surface area contributed by atoms with Crippen LogP contribution in [0.1, 0.15) is 13.8 Å². The third kappa shape index (κ3) is 3.88. The summed E-state index contributed by atoms with van der Waals surface area (Å²) < 4.78 is 13.5. The molecule has 1 N–H and O–H groups in total. The molecule has 6 nitrogen and oxygen atoms in total. The van der Waals surface area contributed by atoms with Crippen LogP contribution in [0.25, 0.3) is 10.2 Å². The van der Waals surface area contributed by atoms with Crippen molar-refractivity contribution in [2.24, 2.45) is 0 Å². The Morgan fingerprint density at radius 3 is 2.65 bits per heavy atom. The molecular weight excluding hydrogens is 352 g/mol. The van der Waals surface area contributed by atoms with Gasteiger partial charge in [-0.3, -0.25) is 9.59 Å². The van der Waals surface area contributed by atoms with Crippen molar-refractivity contribution in [1.82, 2.24) is 4.57 Å². The van der Waals surface area contributed by atoms with Gasteiger partial charge in [0.15, 0.2) is 16.9 Å². The van der Waals surface area contributed by atoms with E-state index in [0.717, 1.165) is 5.52 Å². The van der Waals surface area contributed by atoms with Gasteiger partial charge in [0, 0.05) is 24.0 Å². The molecule has 0 atom stereocenters. The predicted molar refractivity (Wildman–Crippen MR) is 103 cm³/mol. The first-order valence-corrected chi connectivity index (χ1v) is 9.26. The number of rotatable bonds is 7. The first-order chi connectivity index (χ1) is 12.6. The third-order valence-corrected chi connectivity index (χ3v) is 4.64. The highest BCUT2D eigenvalue weighted by Crippen LogP contribution is 2.30. The number of benzene rings is 1. The molecule has 0 bridgehead atoms. The molecule has 0 aliphatic rings. The molecule has 2 aromatic heterocycles. The second-order valence-electron chi connectivity index (χ2n) is 5.52. The third-order valence-electron chi connectivity index (χ3n) is 3.72. The second kappa shape index (κ2) is 8.05. The SMILES string of the molecule is CCOc1ccc(NC(=O)Cn2ccc(=O)c3sccc32)cc1OCC. The van der Waals surface area contributed by atoms with Crippen LogP contribution in [0.3, 0.4) is 0 Å². The zero-order valence-corrected chi connectivity index (χ0v) is 15.5. The van der Waals surface area contributed by atoms with Gasteiger partial charge < -0.3 is 19.4 Å². The fraction of sp³-hybridized carbons (Fsp3) is 0.263.